The van der Waals surface area contributed by atoms with Gasteiger partial charge in [0.2, 0.25) is 5.91 Å². The summed E-state index contributed by atoms with van der Waals surface area (Å²) in [5, 5.41) is 3.28. The van der Waals surface area contributed by atoms with Crippen molar-refractivity contribution in [2.24, 2.45) is 0 Å². The van der Waals surface area contributed by atoms with Gasteiger partial charge in [-0.25, -0.2) is 0 Å². The van der Waals surface area contributed by atoms with E-state index in [1.165, 1.54) is 0 Å². The number of carbonyl (C=O) groups is 2. The minimum absolute atomic E-state index is 0.0895. The fourth-order valence-electron chi connectivity index (χ4n) is 2.81. The number of carbonyl (C=O) groups excluding carboxylic acids is 2. The molecule has 3 rings (SSSR count). The van der Waals surface area contributed by atoms with E-state index in [1.54, 1.807) is 11.9 Å². The maximum absolute atomic E-state index is 12.3. The lowest BCUT2D eigenvalue weighted by Crippen LogP contribution is -2.45. The molecule has 1 saturated heterocycles. The van der Waals surface area contributed by atoms with Crippen molar-refractivity contribution >= 4 is 17.4 Å². The highest BCUT2D eigenvalue weighted by Crippen LogP contribution is 2.28. The smallest absolute Gasteiger partial charge is 0.231 e. The molecule has 0 unspecified atom stereocenters. The van der Waals surface area contributed by atoms with Crippen LogP contribution in [-0.2, 0) is 11.2 Å². The standard InChI is InChI=1S/C15H19N3O2/c1-17-13-3-2-11(8-12(13)9-15(17)20)14(19)10-18-6-4-16-5-7-18/h2-3,8,16H,4-7,9-10H2,1H3. The number of amides is 1. The molecule has 106 valence electrons. The van der Waals surface area contributed by atoms with Gasteiger partial charge in [-0.05, 0) is 23.8 Å². The quantitative estimate of drug-likeness (QED) is 0.805. The molecule has 0 atom stereocenters. The van der Waals surface area contributed by atoms with Gasteiger partial charge in [-0.15, -0.1) is 0 Å². The first-order chi connectivity index (χ1) is 9.65. The summed E-state index contributed by atoms with van der Waals surface area (Å²) in [6.07, 6.45) is 0.403. The molecule has 0 bridgehead atoms. The van der Waals surface area contributed by atoms with Crippen LogP contribution in [0.15, 0.2) is 18.2 Å². The highest BCUT2D eigenvalue weighted by atomic mass is 16.2. The third kappa shape index (κ3) is 2.46. The van der Waals surface area contributed by atoms with E-state index in [2.05, 4.69) is 10.2 Å². The summed E-state index contributed by atoms with van der Waals surface area (Å²) in [5.41, 5.74) is 2.60. The zero-order valence-corrected chi connectivity index (χ0v) is 11.7. The minimum atomic E-state index is 0.0895. The maximum atomic E-state index is 12.3. The van der Waals surface area contributed by atoms with Gasteiger partial charge < -0.3 is 10.2 Å². The molecule has 1 N–H and O–H groups in total. The van der Waals surface area contributed by atoms with Crippen molar-refractivity contribution in [1.82, 2.24) is 10.2 Å². The van der Waals surface area contributed by atoms with Gasteiger partial charge in [-0.3, -0.25) is 14.5 Å². The van der Waals surface area contributed by atoms with Crippen LogP contribution in [0.3, 0.4) is 0 Å². The van der Waals surface area contributed by atoms with Crippen molar-refractivity contribution in [1.29, 1.82) is 0 Å². The molecular weight excluding hydrogens is 254 g/mol. The molecule has 5 heteroatoms. The lowest BCUT2D eigenvalue weighted by atomic mass is 10.0. The van der Waals surface area contributed by atoms with Crippen LogP contribution in [0.25, 0.3) is 0 Å². The van der Waals surface area contributed by atoms with E-state index < -0.39 is 0 Å². The van der Waals surface area contributed by atoms with E-state index in [0.29, 0.717) is 18.5 Å². The Bertz CT molecular complexity index is 550. The lowest BCUT2D eigenvalue weighted by molar-refractivity contribution is -0.117. The molecule has 0 spiro atoms. The third-order valence-corrected chi connectivity index (χ3v) is 4.06. The number of likely N-dealkylation sites (N-methyl/N-ethyl adjacent to an activating group) is 1. The third-order valence-electron chi connectivity index (χ3n) is 4.06. The largest absolute Gasteiger partial charge is 0.315 e. The summed E-state index contributed by atoms with van der Waals surface area (Å²) in [6, 6.07) is 5.59. The second-order valence-corrected chi connectivity index (χ2v) is 5.42. The number of hydrogen-bond donors (Lipinski definition) is 1. The molecule has 1 aromatic carbocycles. The monoisotopic (exact) mass is 273 g/mol. The van der Waals surface area contributed by atoms with Gasteiger partial charge in [0.05, 0.1) is 13.0 Å². The highest BCUT2D eigenvalue weighted by Gasteiger charge is 2.25. The SMILES string of the molecule is CN1C(=O)Cc2cc(C(=O)CN3CCNCC3)ccc21. The van der Waals surface area contributed by atoms with Crippen LogP contribution in [-0.4, -0.2) is 56.4 Å². The summed E-state index contributed by atoms with van der Waals surface area (Å²) >= 11 is 0. The van der Waals surface area contributed by atoms with E-state index in [1.807, 2.05) is 18.2 Å². The van der Waals surface area contributed by atoms with Gasteiger partial charge in [0.1, 0.15) is 0 Å². The highest BCUT2D eigenvalue weighted by molar-refractivity contribution is 6.03. The number of benzene rings is 1. The predicted octanol–water partition coefficient (Wildman–Crippen LogP) is 0.293. The molecule has 0 saturated carbocycles. The maximum Gasteiger partial charge on any atom is 0.231 e. The van der Waals surface area contributed by atoms with Gasteiger partial charge in [-0.1, -0.05) is 0 Å². The number of hydrogen-bond acceptors (Lipinski definition) is 4. The number of anilines is 1. The van der Waals surface area contributed by atoms with Crippen LogP contribution in [0.2, 0.25) is 0 Å². The molecule has 1 amide bonds. The summed E-state index contributed by atoms with van der Waals surface area (Å²) < 4.78 is 0. The first-order valence-corrected chi connectivity index (χ1v) is 7.01. The predicted molar refractivity (Wildman–Crippen MR) is 77.2 cm³/mol. The summed E-state index contributed by atoms with van der Waals surface area (Å²) in [7, 11) is 1.77. The van der Waals surface area contributed by atoms with E-state index in [9.17, 15) is 9.59 Å². The average molecular weight is 273 g/mol. The minimum Gasteiger partial charge on any atom is -0.315 e. The molecule has 5 nitrogen and oxygen atoms in total. The van der Waals surface area contributed by atoms with Crippen molar-refractivity contribution in [2.45, 2.75) is 6.42 Å². The van der Waals surface area contributed by atoms with Crippen molar-refractivity contribution < 1.29 is 9.59 Å². The zero-order valence-electron chi connectivity index (χ0n) is 11.7. The molecule has 2 heterocycles. The van der Waals surface area contributed by atoms with Crippen molar-refractivity contribution in [2.75, 3.05) is 44.7 Å². The van der Waals surface area contributed by atoms with Crippen LogP contribution in [0.5, 0.6) is 0 Å². The first-order valence-electron chi connectivity index (χ1n) is 7.01. The van der Waals surface area contributed by atoms with Crippen LogP contribution in [0.4, 0.5) is 5.69 Å². The normalized spacial score (nSPS) is 19.2. The molecule has 0 aliphatic carbocycles. The Morgan fingerprint density at radius 1 is 1.30 bits per heavy atom. The fourth-order valence-corrected chi connectivity index (χ4v) is 2.81. The topological polar surface area (TPSA) is 52.7 Å². The molecule has 20 heavy (non-hydrogen) atoms. The number of nitrogens with one attached hydrogen (secondary N) is 1. The van der Waals surface area contributed by atoms with Gasteiger partial charge in [-0.2, -0.15) is 0 Å². The molecule has 2 aliphatic heterocycles. The summed E-state index contributed by atoms with van der Waals surface area (Å²) in [4.78, 5) is 27.8. The Kier molecular flexibility index (Phi) is 3.54. The number of nitrogens with zero attached hydrogens (tertiary/aromatic N) is 2. The number of rotatable bonds is 3. The van der Waals surface area contributed by atoms with Crippen molar-refractivity contribution in [3.63, 3.8) is 0 Å². The second-order valence-electron chi connectivity index (χ2n) is 5.42. The molecule has 2 aliphatic rings. The fraction of sp³-hybridized carbons (Fsp3) is 0.467. The van der Waals surface area contributed by atoms with E-state index >= 15 is 0 Å². The molecular formula is C15H19N3O2. The van der Waals surface area contributed by atoms with Gasteiger partial charge in [0.25, 0.3) is 0 Å². The Hall–Kier alpha value is -1.72. The van der Waals surface area contributed by atoms with E-state index in [-0.39, 0.29) is 11.7 Å². The second kappa shape index (κ2) is 5.34. The van der Waals surface area contributed by atoms with Crippen molar-refractivity contribution in [3.8, 4) is 0 Å². The molecule has 1 aromatic rings. The van der Waals surface area contributed by atoms with E-state index in [4.69, 9.17) is 0 Å². The first kappa shape index (κ1) is 13.3. The van der Waals surface area contributed by atoms with Crippen LogP contribution in [0, 0.1) is 0 Å². The molecule has 0 aromatic heterocycles. The number of Topliss-reactive ketones (excluding diaryl/α,β-unsaturated/α-hetero) is 1. The Morgan fingerprint density at radius 3 is 2.80 bits per heavy atom. The van der Waals surface area contributed by atoms with Gasteiger partial charge >= 0.3 is 0 Å². The van der Waals surface area contributed by atoms with E-state index in [0.717, 1.165) is 37.4 Å². The Morgan fingerprint density at radius 2 is 2.05 bits per heavy atom. The average Bonchev–Trinajstić information content (AvgIpc) is 2.74. The van der Waals surface area contributed by atoms with Crippen molar-refractivity contribution in [3.05, 3.63) is 29.3 Å². The van der Waals surface area contributed by atoms with Crippen LogP contribution >= 0.6 is 0 Å². The zero-order chi connectivity index (χ0) is 14.1. The number of piperazine rings is 1. The number of fused-ring (bicyclic) bond motifs is 1. The van der Waals surface area contributed by atoms with Gasteiger partial charge in [0, 0.05) is 44.5 Å². The lowest BCUT2D eigenvalue weighted by Gasteiger charge is -2.26. The summed E-state index contributed by atoms with van der Waals surface area (Å²) in [5.74, 6) is 0.225. The molecule has 0 radical (unpaired) electrons. The Labute approximate surface area is 118 Å². The number of ketones is 1. The van der Waals surface area contributed by atoms with Crippen LogP contribution < -0.4 is 10.2 Å². The summed E-state index contributed by atoms with van der Waals surface area (Å²) in [6.45, 7) is 4.17. The molecule has 1 fully saturated rings. The Balaban J connectivity index is 1.73. The van der Waals surface area contributed by atoms with Gasteiger partial charge in [0.15, 0.2) is 5.78 Å². The van der Waals surface area contributed by atoms with Crippen LogP contribution in [0.1, 0.15) is 15.9 Å².